The van der Waals surface area contributed by atoms with E-state index in [0.29, 0.717) is 13.0 Å². The predicted octanol–water partition coefficient (Wildman–Crippen LogP) is 1.15. The maximum atomic E-state index is 11.7. The van der Waals surface area contributed by atoms with Crippen molar-refractivity contribution < 1.29 is 14.4 Å². The number of amides is 2. The number of hydrogen-bond donors (Lipinski definition) is 2. The van der Waals surface area contributed by atoms with Gasteiger partial charge in [-0.3, -0.25) is 19.7 Å². The molecule has 1 saturated carbocycles. The minimum atomic E-state index is -0.186. The molecule has 1 unspecified atom stereocenters. The molecule has 5 heteroatoms. The summed E-state index contributed by atoms with van der Waals surface area (Å²) in [6.07, 6.45) is 2.27. The number of rotatable bonds is 4. The van der Waals surface area contributed by atoms with E-state index in [1.807, 2.05) is 30.3 Å². The molecule has 3 rings (SSSR count). The second kappa shape index (κ2) is 5.73. The van der Waals surface area contributed by atoms with E-state index in [9.17, 15) is 9.59 Å². The summed E-state index contributed by atoms with van der Waals surface area (Å²) in [6, 6.07) is 10.0. The maximum absolute atomic E-state index is 11.7. The second-order valence-corrected chi connectivity index (χ2v) is 5.47. The lowest BCUT2D eigenvalue weighted by molar-refractivity contribution is -0.126. The lowest BCUT2D eigenvalue weighted by Crippen LogP contribution is -2.38. The molecule has 3 atom stereocenters. The molecule has 0 radical (unpaired) electrons. The van der Waals surface area contributed by atoms with Crippen molar-refractivity contribution in [3.8, 4) is 0 Å². The zero-order valence-corrected chi connectivity index (χ0v) is 11.2. The van der Waals surface area contributed by atoms with E-state index < -0.39 is 0 Å². The highest BCUT2D eigenvalue weighted by Crippen LogP contribution is 2.34. The average Bonchev–Trinajstić information content (AvgIpc) is 2.75. The van der Waals surface area contributed by atoms with Crippen molar-refractivity contribution in [2.24, 2.45) is 11.8 Å². The lowest BCUT2D eigenvalue weighted by Gasteiger charge is -2.28. The first-order chi connectivity index (χ1) is 9.74. The third kappa shape index (κ3) is 2.73. The first kappa shape index (κ1) is 13.3. The van der Waals surface area contributed by atoms with Crippen LogP contribution in [0.4, 0.5) is 0 Å². The van der Waals surface area contributed by atoms with Crippen molar-refractivity contribution in [3.63, 3.8) is 0 Å². The quantitative estimate of drug-likeness (QED) is 0.638. The smallest absolute Gasteiger partial charge is 0.230 e. The molecule has 5 nitrogen and oxygen atoms in total. The Morgan fingerprint density at radius 2 is 1.85 bits per heavy atom. The van der Waals surface area contributed by atoms with Crippen LogP contribution in [0.3, 0.4) is 0 Å². The van der Waals surface area contributed by atoms with Gasteiger partial charge in [-0.1, -0.05) is 30.3 Å². The van der Waals surface area contributed by atoms with Crippen LogP contribution in [-0.2, 0) is 21.0 Å². The van der Waals surface area contributed by atoms with Gasteiger partial charge in [-0.05, 0) is 24.8 Å². The van der Waals surface area contributed by atoms with E-state index >= 15 is 0 Å². The minimum absolute atomic E-state index is 0.108. The van der Waals surface area contributed by atoms with Gasteiger partial charge >= 0.3 is 0 Å². The summed E-state index contributed by atoms with van der Waals surface area (Å²) >= 11 is 0. The van der Waals surface area contributed by atoms with Gasteiger partial charge in [0.25, 0.3) is 0 Å². The summed E-state index contributed by atoms with van der Waals surface area (Å²) in [5, 5.41) is 2.41. The Bertz CT molecular complexity index is 503. The molecule has 1 aromatic carbocycles. The van der Waals surface area contributed by atoms with E-state index in [2.05, 4.69) is 10.8 Å². The van der Waals surface area contributed by atoms with Gasteiger partial charge in [-0.15, -0.1) is 0 Å². The molecule has 1 aliphatic heterocycles. The van der Waals surface area contributed by atoms with Gasteiger partial charge in [-0.25, -0.2) is 0 Å². The van der Waals surface area contributed by atoms with Crippen molar-refractivity contribution in [1.29, 1.82) is 0 Å². The zero-order chi connectivity index (χ0) is 13.9. The largest absolute Gasteiger partial charge is 0.297 e. The number of fused-ring (bicyclic) bond motifs is 1. The van der Waals surface area contributed by atoms with Crippen molar-refractivity contribution >= 4 is 11.8 Å². The van der Waals surface area contributed by atoms with Gasteiger partial charge in [0, 0.05) is 6.04 Å². The SMILES string of the molecule is O=C1NC(=O)[C@@H]2CC[C@@H](NOCc3ccccc3)CC12. The van der Waals surface area contributed by atoms with E-state index in [4.69, 9.17) is 4.84 Å². The topological polar surface area (TPSA) is 67.4 Å². The van der Waals surface area contributed by atoms with Crippen molar-refractivity contribution in [3.05, 3.63) is 35.9 Å². The Balaban J connectivity index is 1.48. The summed E-state index contributed by atoms with van der Waals surface area (Å²) in [7, 11) is 0. The van der Waals surface area contributed by atoms with Crippen molar-refractivity contribution in [1.82, 2.24) is 10.8 Å². The molecule has 0 spiro atoms. The van der Waals surface area contributed by atoms with Crippen LogP contribution in [0, 0.1) is 11.8 Å². The Kier molecular flexibility index (Phi) is 3.80. The molecule has 2 N–H and O–H groups in total. The van der Waals surface area contributed by atoms with Crippen LogP contribution in [0.1, 0.15) is 24.8 Å². The van der Waals surface area contributed by atoms with Crippen LogP contribution in [0.25, 0.3) is 0 Å². The van der Waals surface area contributed by atoms with Crippen LogP contribution in [0.15, 0.2) is 30.3 Å². The Labute approximate surface area is 117 Å². The number of hydrogen-bond acceptors (Lipinski definition) is 4. The lowest BCUT2D eigenvalue weighted by atomic mass is 9.79. The minimum Gasteiger partial charge on any atom is -0.297 e. The number of carbonyl (C=O) groups excluding carboxylic acids is 2. The molecule has 1 aliphatic carbocycles. The zero-order valence-electron chi connectivity index (χ0n) is 11.2. The van der Waals surface area contributed by atoms with E-state index in [-0.39, 0.29) is 29.7 Å². The van der Waals surface area contributed by atoms with Gasteiger partial charge in [-0.2, -0.15) is 5.48 Å². The van der Waals surface area contributed by atoms with Crippen LogP contribution in [0.2, 0.25) is 0 Å². The number of imide groups is 1. The Morgan fingerprint density at radius 3 is 2.65 bits per heavy atom. The third-order valence-corrected chi connectivity index (χ3v) is 4.10. The van der Waals surface area contributed by atoms with Crippen molar-refractivity contribution in [2.45, 2.75) is 31.9 Å². The van der Waals surface area contributed by atoms with Crippen LogP contribution in [-0.4, -0.2) is 17.9 Å². The summed E-state index contributed by atoms with van der Waals surface area (Å²) in [5.41, 5.74) is 4.13. The first-order valence-corrected chi connectivity index (χ1v) is 7.00. The standard InChI is InChI=1S/C15H18N2O3/c18-14-12-7-6-11(8-13(12)15(19)16-14)17-20-9-10-4-2-1-3-5-10/h1-5,11-13,17H,6-9H2,(H,16,18,19)/t11-,12-,13?/m1/s1. The molecule has 2 aliphatic rings. The highest BCUT2D eigenvalue weighted by Gasteiger charge is 2.45. The molecule has 1 saturated heterocycles. The molecule has 20 heavy (non-hydrogen) atoms. The van der Waals surface area contributed by atoms with Crippen LogP contribution >= 0.6 is 0 Å². The fourth-order valence-corrected chi connectivity index (χ4v) is 3.01. The summed E-state index contributed by atoms with van der Waals surface area (Å²) in [5.74, 6) is -0.554. The second-order valence-electron chi connectivity index (χ2n) is 5.47. The number of carbonyl (C=O) groups is 2. The van der Waals surface area contributed by atoms with Crippen LogP contribution in [0.5, 0.6) is 0 Å². The molecular formula is C15H18N2O3. The average molecular weight is 274 g/mol. The van der Waals surface area contributed by atoms with Crippen molar-refractivity contribution in [2.75, 3.05) is 0 Å². The number of hydroxylamine groups is 1. The first-order valence-electron chi connectivity index (χ1n) is 7.00. The molecule has 106 valence electrons. The van der Waals surface area contributed by atoms with Gasteiger partial charge in [0.1, 0.15) is 0 Å². The van der Waals surface area contributed by atoms with Crippen LogP contribution < -0.4 is 10.8 Å². The Morgan fingerprint density at radius 1 is 1.10 bits per heavy atom. The molecule has 2 amide bonds. The van der Waals surface area contributed by atoms with Gasteiger partial charge in [0.2, 0.25) is 11.8 Å². The molecule has 1 heterocycles. The van der Waals surface area contributed by atoms with E-state index in [1.165, 1.54) is 0 Å². The number of nitrogens with one attached hydrogen (secondary N) is 2. The van der Waals surface area contributed by atoms with E-state index in [0.717, 1.165) is 18.4 Å². The van der Waals surface area contributed by atoms with Gasteiger partial charge in [0.15, 0.2) is 0 Å². The normalized spacial score (nSPS) is 29.1. The summed E-state index contributed by atoms with van der Waals surface area (Å²) in [6.45, 7) is 0.497. The summed E-state index contributed by atoms with van der Waals surface area (Å²) in [4.78, 5) is 28.7. The van der Waals surface area contributed by atoms with E-state index in [1.54, 1.807) is 0 Å². The predicted molar refractivity (Wildman–Crippen MR) is 72.1 cm³/mol. The molecule has 1 aromatic rings. The summed E-state index contributed by atoms with van der Waals surface area (Å²) < 4.78 is 0. The molecule has 2 fully saturated rings. The fraction of sp³-hybridized carbons (Fsp3) is 0.467. The maximum Gasteiger partial charge on any atom is 0.230 e. The highest BCUT2D eigenvalue weighted by atomic mass is 16.6. The highest BCUT2D eigenvalue weighted by molar-refractivity contribution is 6.05. The number of benzene rings is 1. The third-order valence-electron chi connectivity index (χ3n) is 4.10. The molecule has 0 bridgehead atoms. The monoisotopic (exact) mass is 274 g/mol. The van der Waals surface area contributed by atoms with Gasteiger partial charge < -0.3 is 0 Å². The fourth-order valence-electron chi connectivity index (χ4n) is 3.01. The Hall–Kier alpha value is -1.72. The van der Waals surface area contributed by atoms with Gasteiger partial charge in [0.05, 0.1) is 18.4 Å². The molecular weight excluding hydrogens is 256 g/mol. The molecule has 0 aromatic heterocycles.